The highest BCUT2D eigenvalue weighted by atomic mass is 32.1. The Morgan fingerprint density at radius 3 is 3.00 bits per heavy atom. The number of nitrogens with one attached hydrogen (secondary N) is 2. The van der Waals surface area contributed by atoms with Crippen LogP contribution in [0, 0.1) is 0 Å². The van der Waals surface area contributed by atoms with E-state index in [0.29, 0.717) is 6.04 Å². The van der Waals surface area contributed by atoms with Gasteiger partial charge in [-0.15, -0.1) is 11.3 Å². The molecule has 1 fully saturated rings. The fraction of sp³-hybridized carbons (Fsp3) is 0.583. The lowest BCUT2D eigenvalue weighted by Crippen LogP contribution is -2.42. The van der Waals surface area contributed by atoms with Crippen molar-refractivity contribution in [3.8, 4) is 0 Å². The van der Waals surface area contributed by atoms with Crippen LogP contribution in [0.2, 0.25) is 0 Å². The Morgan fingerprint density at radius 2 is 2.31 bits per heavy atom. The lowest BCUT2D eigenvalue weighted by atomic mass is 10.1. The number of carbonyl (C=O) groups excluding carboxylic acids is 1. The van der Waals surface area contributed by atoms with Gasteiger partial charge in [0.25, 0.3) is 5.91 Å². The Kier molecular flexibility index (Phi) is 3.96. The van der Waals surface area contributed by atoms with E-state index in [9.17, 15) is 4.79 Å². The third-order valence-corrected chi connectivity index (χ3v) is 3.96. The van der Waals surface area contributed by atoms with E-state index < -0.39 is 0 Å². The predicted octanol–water partition coefficient (Wildman–Crippen LogP) is 1.79. The Labute approximate surface area is 100 Å². The number of aryl methyl sites for hydroxylation is 1. The average Bonchev–Trinajstić information content (AvgIpc) is 2.78. The maximum Gasteiger partial charge on any atom is 0.261 e. The van der Waals surface area contributed by atoms with Gasteiger partial charge in [-0.2, -0.15) is 0 Å². The molecule has 16 heavy (non-hydrogen) atoms. The number of hydrogen-bond donors (Lipinski definition) is 2. The van der Waals surface area contributed by atoms with Crippen LogP contribution >= 0.6 is 11.3 Å². The van der Waals surface area contributed by atoms with Gasteiger partial charge in [0.05, 0.1) is 4.88 Å². The van der Waals surface area contributed by atoms with Crippen molar-refractivity contribution in [3.05, 3.63) is 21.9 Å². The summed E-state index contributed by atoms with van der Waals surface area (Å²) in [7, 11) is 0. The van der Waals surface area contributed by atoms with Crippen LogP contribution in [0.15, 0.2) is 11.4 Å². The maximum atomic E-state index is 12.0. The largest absolute Gasteiger partial charge is 0.349 e. The Hall–Kier alpha value is -0.870. The molecule has 0 aromatic carbocycles. The van der Waals surface area contributed by atoms with Crippen molar-refractivity contribution in [2.24, 2.45) is 0 Å². The molecule has 2 N–H and O–H groups in total. The first-order valence-electron chi connectivity index (χ1n) is 5.89. The average molecular weight is 238 g/mol. The van der Waals surface area contributed by atoms with Gasteiger partial charge >= 0.3 is 0 Å². The Bertz CT molecular complexity index is 356. The molecule has 1 aromatic rings. The number of hydrogen-bond acceptors (Lipinski definition) is 3. The molecule has 1 amide bonds. The molecule has 1 aromatic heterocycles. The van der Waals surface area contributed by atoms with Gasteiger partial charge in [-0.3, -0.25) is 4.79 Å². The first-order chi connectivity index (χ1) is 7.81. The summed E-state index contributed by atoms with van der Waals surface area (Å²) in [5.74, 6) is 0.110. The van der Waals surface area contributed by atoms with Crippen LogP contribution < -0.4 is 10.6 Å². The van der Waals surface area contributed by atoms with Crippen LogP contribution in [0.1, 0.15) is 35.0 Å². The van der Waals surface area contributed by atoms with Crippen LogP contribution in [-0.4, -0.2) is 25.0 Å². The normalized spacial score (nSPS) is 17.3. The highest BCUT2D eigenvalue weighted by Crippen LogP contribution is 2.17. The number of thiophene rings is 1. The highest BCUT2D eigenvalue weighted by Gasteiger charge is 2.18. The second-order valence-corrected chi connectivity index (χ2v) is 5.04. The molecule has 2 rings (SSSR count). The summed E-state index contributed by atoms with van der Waals surface area (Å²) in [6, 6.07) is 2.39. The fourth-order valence-electron chi connectivity index (χ4n) is 2.03. The van der Waals surface area contributed by atoms with Crippen molar-refractivity contribution >= 4 is 17.2 Å². The van der Waals surface area contributed by atoms with Crippen LogP contribution in [0.4, 0.5) is 0 Å². The van der Waals surface area contributed by atoms with Gasteiger partial charge in [0.1, 0.15) is 0 Å². The summed E-state index contributed by atoms with van der Waals surface area (Å²) >= 11 is 1.54. The molecule has 0 saturated carbocycles. The zero-order valence-electron chi connectivity index (χ0n) is 9.58. The summed E-state index contributed by atoms with van der Waals surface area (Å²) < 4.78 is 0. The molecule has 4 heteroatoms. The third-order valence-electron chi connectivity index (χ3n) is 3.01. The van der Waals surface area contributed by atoms with E-state index in [1.807, 2.05) is 11.4 Å². The van der Waals surface area contributed by atoms with Crippen molar-refractivity contribution in [1.29, 1.82) is 0 Å². The Balaban J connectivity index is 1.96. The minimum Gasteiger partial charge on any atom is -0.349 e. The number of rotatable bonds is 3. The summed E-state index contributed by atoms with van der Waals surface area (Å²) in [5.41, 5.74) is 1.16. The topological polar surface area (TPSA) is 41.1 Å². The maximum absolute atomic E-state index is 12.0. The minimum absolute atomic E-state index is 0.110. The monoisotopic (exact) mass is 238 g/mol. The predicted molar refractivity (Wildman–Crippen MR) is 67.1 cm³/mol. The molecule has 0 unspecified atom stereocenters. The molecule has 0 spiro atoms. The van der Waals surface area contributed by atoms with Gasteiger partial charge < -0.3 is 10.6 Å². The lowest BCUT2D eigenvalue weighted by molar-refractivity contribution is 0.0933. The van der Waals surface area contributed by atoms with E-state index in [1.165, 1.54) is 0 Å². The van der Waals surface area contributed by atoms with Gasteiger partial charge in [0, 0.05) is 6.04 Å². The van der Waals surface area contributed by atoms with Crippen LogP contribution in [-0.2, 0) is 6.42 Å². The molecule has 0 bridgehead atoms. The second kappa shape index (κ2) is 5.46. The van der Waals surface area contributed by atoms with Crippen LogP contribution in [0.25, 0.3) is 0 Å². The molecule has 1 saturated heterocycles. The molecule has 1 aliphatic rings. The molecule has 0 aliphatic carbocycles. The van der Waals surface area contributed by atoms with Gasteiger partial charge in [0.15, 0.2) is 0 Å². The third kappa shape index (κ3) is 2.62. The van der Waals surface area contributed by atoms with Gasteiger partial charge in [0.2, 0.25) is 0 Å². The summed E-state index contributed by atoms with van der Waals surface area (Å²) in [6.45, 7) is 4.11. The van der Waals surface area contributed by atoms with Crippen molar-refractivity contribution in [3.63, 3.8) is 0 Å². The first kappa shape index (κ1) is 11.6. The quantitative estimate of drug-likeness (QED) is 0.843. The number of carbonyl (C=O) groups is 1. The summed E-state index contributed by atoms with van der Waals surface area (Å²) in [4.78, 5) is 12.9. The smallest absolute Gasteiger partial charge is 0.261 e. The summed E-state index contributed by atoms with van der Waals surface area (Å²) in [6.07, 6.45) is 3.01. The van der Waals surface area contributed by atoms with E-state index in [0.717, 1.165) is 42.8 Å². The van der Waals surface area contributed by atoms with Gasteiger partial charge in [-0.05, 0) is 49.4 Å². The summed E-state index contributed by atoms with van der Waals surface area (Å²) in [5, 5.41) is 8.42. The molecule has 3 nitrogen and oxygen atoms in total. The number of piperidine rings is 1. The van der Waals surface area contributed by atoms with E-state index in [4.69, 9.17) is 0 Å². The minimum atomic E-state index is 0.110. The lowest BCUT2D eigenvalue weighted by Gasteiger charge is -2.23. The zero-order chi connectivity index (χ0) is 11.4. The van der Waals surface area contributed by atoms with Crippen molar-refractivity contribution in [2.75, 3.05) is 13.1 Å². The van der Waals surface area contributed by atoms with E-state index in [1.54, 1.807) is 11.3 Å². The van der Waals surface area contributed by atoms with Gasteiger partial charge in [-0.25, -0.2) is 0 Å². The van der Waals surface area contributed by atoms with Gasteiger partial charge in [-0.1, -0.05) is 6.92 Å². The molecule has 1 aliphatic heterocycles. The molecular formula is C12H18N2OS. The zero-order valence-corrected chi connectivity index (χ0v) is 10.4. The Morgan fingerprint density at radius 1 is 1.56 bits per heavy atom. The van der Waals surface area contributed by atoms with Crippen molar-refractivity contribution < 1.29 is 4.79 Å². The molecule has 0 radical (unpaired) electrons. The standard InChI is InChI=1S/C12H18N2OS/c1-2-9-5-8-16-11(9)12(15)14-10-3-6-13-7-4-10/h5,8,10,13H,2-4,6-7H2,1H3,(H,14,15). The van der Waals surface area contributed by atoms with Crippen LogP contribution in [0.5, 0.6) is 0 Å². The second-order valence-electron chi connectivity index (χ2n) is 4.13. The SMILES string of the molecule is CCc1ccsc1C(=O)NC1CCNCC1. The van der Waals surface area contributed by atoms with E-state index >= 15 is 0 Å². The number of amides is 1. The molecule has 88 valence electrons. The molecule has 0 atom stereocenters. The highest BCUT2D eigenvalue weighted by molar-refractivity contribution is 7.12. The van der Waals surface area contributed by atoms with Crippen molar-refractivity contribution in [1.82, 2.24) is 10.6 Å². The molecule has 2 heterocycles. The first-order valence-corrected chi connectivity index (χ1v) is 6.77. The molecular weight excluding hydrogens is 220 g/mol. The van der Waals surface area contributed by atoms with E-state index in [-0.39, 0.29) is 5.91 Å². The fourth-order valence-corrected chi connectivity index (χ4v) is 2.93. The van der Waals surface area contributed by atoms with Crippen molar-refractivity contribution in [2.45, 2.75) is 32.2 Å². The van der Waals surface area contributed by atoms with Crippen LogP contribution in [0.3, 0.4) is 0 Å². The van der Waals surface area contributed by atoms with E-state index in [2.05, 4.69) is 17.6 Å².